The Hall–Kier alpha value is -2.94. The van der Waals surface area contributed by atoms with Crippen LogP contribution in [0, 0.1) is 12.7 Å². The van der Waals surface area contributed by atoms with Crippen LogP contribution in [-0.2, 0) is 4.79 Å². The number of hydrogen-bond donors (Lipinski definition) is 1. The number of para-hydroxylation sites is 1. The van der Waals surface area contributed by atoms with Crippen LogP contribution in [0.2, 0.25) is 5.02 Å². The van der Waals surface area contributed by atoms with Gasteiger partial charge in [-0.25, -0.2) is 9.07 Å². The molecule has 174 valence electrons. The fraction of sp³-hybridized carbons (Fsp3) is 0.333. The Morgan fingerprint density at radius 2 is 1.79 bits per heavy atom. The number of benzene rings is 2. The summed E-state index contributed by atoms with van der Waals surface area (Å²) < 4.78 is 20.6. The molecule has 1 aromatic heterocycles. The van der Waals surface area contributed by atoms with E-state index >= 15 is 0 Å². The molecule has 2 aromatic carbocycles. The summed E-state index contributed by atoms with van der Waals surface area (Å²) in [7, 11) is 0. The first-order chi connectivity index (χ1) is 16.0. The van der Waals surface area contributed by atoms with Gasteiger partial charge in [0.05, 0.1) is 22.9 Å². The van der Waals surface area contributed by atoms with Crippen molar-refractivity contribution in [3.05, 3.63) is 71.1 Å². The van der Waals surface area contributed by atoms with Gasteiger partial charge in [0, 0.05) is 38.8 Å². The average Bonchev–Trinajstić information content (AvgIpc) is 3.16. The third-order valence-electron chi connectivity index (χ3n) is 5.50. The van der Waals surface area contributed by atoms with E-state index in [0.717, 1.165) is 38.4 Å². The predicted octanol–water partition coefficient (Wildman–Crippen LogP) is 3.61. The second kappa shape index (κ2) is 10.8. The second-order valence-corrected chi connectivity index (χ2v) is 8.41. The molecule has 0 unspecified atom stereocenters. The van der Waals surface area contributed by atoms with Crippen LogP contribution in [0.3, 0.4) is 0 Å². The summed E-state index contributed by atoms with van der Waals surface area (Å²) in [5.74, 6) is 0.848. The van der Waals surface area contributed by atoms with Crippen molar-refractivity contribution < 1.29 is 13.9 Å². The van der Waals surface area contributed by atoms with Gasteiger partial charge in [-0.1, -0.05) is 23.7 Å². The predicted molar refractivity (Wildman–Crippen MR) is 127 cm³/mol. The molecule has 1 saturated heterocycles. The molecule has 0 saturated carbocycles. The molecule has 33 heavy (non-hydrogen) atoms. The number of aromatic nitrogens is 2. The van der Waals surface area contributed by atoms with Crippen LogP contribution in [0.4, 0.5) is 10.2 Å². The number of piperazine rings is 1. The van der Waals surface area contributed by atoms with E-state index < -0.39 is 0 Å². The van der Waals surface area contributed by atoms with Gasteiger partial charge in [-0.3, -0.25) is 14.6 Å². The van der Waals surface area contributed by atoms with E-state index in [0.29, 0.717) is 35.4 Å². The van der Waals surface area contributed by atoms with E-state index in [-0.39, 0.29) is 11.7 Å². The average molecular weight is 472 g/mol. The molecule has 0 atom stereocenters. The fourth-order valence-corrected chi connectivity index (χ4v) is 3.96. The van der Waals surface area contributed by atoms with Gasteiger partial charge in [-0.15, -0.1) is 0 Å². The van der Waals surface area contributed by atoms with Gasteiger partial charge in [0.15, 0.2) is 0 Å². The Labute approximate surface area is 197 Å². The molecule has 0 radical (unpaired) electrons. The maximum Gasteiger partial charge on any atom is 0.239 e. The number of carbonyl (C=O) groups excluding carboxylic acids is 1. The zero-order valence-corrected chi connectivity index (χ0v) is 19.3. The highest BCUT2D eigenvalue weighted by Crippen LogP contribution is 2.23. The number of carbonyl (C=O) groups is 1. The number of nitrogens with zero attached hydrogens (tertiary/aromatic N) is 4. The van der Waals surface area contributed by atoms with Crippen LogP contribution in [0.15, 0.2) is 54.6 Å². The van der Waals surface area contributed by atoms with E-state index in [1.807, 2.05) is 31.2 Å². The standard InChI is InChI=1S/C24H27ClFN5O2/c1-18-16-23(31(28-18)20-8-6-19(26)7-9-20)27-24(32)17-30-12-10-29(11-13-30)14-15-33-22-5-3-2-4-21(22)25/h2-9,16H,10-15,17H2,1H3,(H,27,32). The van der Waals surface area contributed by atoms with Crippen LogP contribution in [0.1, 0.15) is 5.69 Å². The van der Waals surface area contributed by atoms with E-state index in [4.69, 9.17) is 16.3 Å². The van der Waals surface area contributed by atoms with Gasteiger partial charge >= 0.3 is 0 Å². The number of ether oxygens (including phenoxy) is 1. The lowest BCUT2D eigenvalue weighted by atomic mass is 10.3. The van der Waals surface area contributed by atoms with Crippen molar-refractivity contribution >= 4 is 23.3 Å². The highest BCUT2D eigenvalue weighted by molar-refractivity contribution is 6.32. The Bertz CT molecular complexity index is 1080. The van der Waals surface area contributed by atoms with Crippen LogP contribution in [0.25, 0.3) is 5.69 Å². The lowest BCUT2D eigenvalue weighted by molar-refractivity contribution is -0.117. The normalized spacial score (nSPS) is 14.9. The molecule has 1 N–H and O–H groups in total. The molecule has 2 heterocycles. The summed E-state index contributed by atoms with van der Waals surface area (Å²) in [6.45, 7) is 6.86. The number of amides is 1. The smallest absolute Gasteiger partial charge is 0.239 e. The van der Waals surface area contributed by atoms with Gasteiger partial charge < -0.3 is 10.1 Å². The molecule has 1 aliphatic heterocycles. The topological polar surface area (TPSA) is 62.6 Å². The molecule has 4 rings (SSSR count). The Morgan fingerprint density at radius 3 is 2.52 bits per heavy atom. The minimum absolute atomic E-state index is 0.103. The third kappa shape index (κ3) is 6.31. The van der Waals surface area contributed by atoms with Gasteiger partial charge in [0.1, 0.15) is 24.0 Å². The minimum Gasteiger partial charge on any atom is -0.491 e. The van der Waals surface area contributed by atoms with Crippen molar-refractivity contribution in [2.24, 2.45) is 0 Å². The Morgan fingerprint density at radius 1 is 1.09 bits per heavy atom. The SMILES string of the molecule is Cc1cc(NC(=O)CN2CCN(CCOc3ccccc3Cl)CC2)n(-c2ccc(F)cc2)n1. The molecular formula is C24H27ClFN5O2. The largest absolute Gasteiger partial charge is 0.491 e. The lowest BCUT2D eigenvalue weighted by Gasteiger charge is -2.34. The van der Waals surface area contributed by atoms with E-state index in [1.165, 1.54) is 12.1 Å². The van der Waals surface area contributed by atoms with Crippen LogP contribution in [0.5, 0.6) is 5.75 Å². The summed E-state index contributed by atoms with van der Waals surface area (Å²) in [6.07, 6.45) is 0. The first-order valence-electron chi connectivity index (χ1n) is 10.9. The maximum atomic E-state index is 13.2. The molecule has 1 amide bonds. The Balaban J connectivity index is 1.23. The lowest BCUT2D eigenvalue weighted by Crippen LogP contribution is -2.49. The van der Waals surface area contributed by atoms with Crippen molar-refractivity contribution in [1.82, 2.24) is 19.6 Å². The summed E-state index contributed by atoms with van der Waals surface area (Å²) in [6, 6.07) is 15.3. The van der Waals surface area contributed by atoms with Crippen molar-refractivity contribution in [3.8, 4) is 11.4 Å². The number of hydrogen-bond acceptors (Lipinski definition) is 5. The molecule has 1 fully saturated rings. The summed E-state index contributed by atoms with van der Waals surface area (Å²) in [5.41, 5.74) is 1.45. The second-order valence-electron chi connectivity index (χ2n) is 8.00. The molecule has 1 aliphatic rings. The number of anilines is 1. The third-order valence-corrected chi connectivity index (χ3v) is 5.82. The first-order valence-corrected chi connectivity index (χ1v) is 11.3. The number of nitrogens with one attached hydrogen (secondary N) is 1. The minimum atomic E-state index is -0.317. The monoisotopic (exact) mass is 471 g/mol. The van der Waals surface area contributed by atoms with E-state index in [2.05, 4.69) is 20.2 Å². The number of halogens is 2. The van der Waals surface area contributed by atoms with Gasteiger partial charge in [0.2, 0.25) is 5.91 Å². The van der Waals surface area contributed by atoms with Crippen LogP contribution in [-0.4, -0.2) is 71.4 Å². The Kier molecular flexibility index (Phi) is 7.59. The molecule has 0 aliphatic carbocycles. The molecular weight excluding hydrogens is 445 g/mol. The van der Waals surface area contributed by atoms with Crippen LogP contribution >= 0.6 is 11.6 Å². The van der Waals surface area contributed by atoms with E-state index in [1.54, 1.807) is 22.9 Å². The first kappa shape index (κ1) is 23.2. The highest BCUT2D eigenvalue weighted by atomic mass is 35.5. The summed E-state index contributed by atoms with van der Waals surface area (Å²) in [4.78, 5) is 17.1. The summed E-state index contributed by atoms with van der Waals surface area (Å²) >= 11 is 6.12. The van der Waals surface area contributed by atoms with Crippen LogP contribution < -0.4 is 10.1 Å². The van der Waals surface area contributed by atoms with Gasteiger partial charge in [0.25, 0.3) is 0 Å². The van der Waals surface area contributed by atoms with Gasteiger partial charge in [-0.2, -0.15) is 5.10 Å². The molecule has 0 spiro atoms. The van der Waals surface area contributed by atoms with E-state index in [9.17, 15) is 9.18 Å². The molecule has 3 aromatic rings. The molecule has 9 heteroatoms. The number of rotatable bonds is 8. The zero-order valence-electron chi connectivity index (χ0n) is 18.5. The van der Waals surface area contributed by atoms with Crippen molar-refractivity contribution in [2.45, 2.75) is 6.92 Å². The van der Waals surface area contributed by atoms with Crippen molar-refractivity contribution in [2.75, 3.05) is 51.2 Å². The maximum absolute atomic E-state index is 13.2. The highest BCUT2D eigenvalue weighted by Gasteiger charge is 2.20. The van der Waals surface area contributed by atoms with Gasteiger partial charge in [-0.05, 0) is 43.3 Å². The molecule has 7 nitrogen and oxygen atoms in total. The van der Waals surface area contributed by atoms with Crippen molar-refractivity contribution in [1.29, 1.82) is 0 Å². The summed E-state index contributed by atoms with van der Waals surface area (Å²) in [5, 5.41) is 7.97. The quantitative estimate of drug-likeness (QED) is 0.544. The fourth-order valence-electron chi connectivity index (χ4n) is 3.77. The zero-order chi connectivity index (χ0) is 23.2. The number of aryl methyl sites for hydroxylation is 1. The molecule has 0 bridgehead atoms. The van der Waals surface area contributed by atoms with Crippen molar-refractivity contribution in [3.63, 3.8) is 0 Å².